The number of ether oxygens (including phenoxy) is 1. The first-order chi connectivity index (χ1) is 12.9. The summed E-state index contributed by atoms with van der Waals surface area (Å²) in [6, 6.07) is 7.21. The van der Waals surface area contributed by atoms with Crippen LogP contribution in [0, 0.1) is 23.7 Å². The summed E-state index contributed by atoms with van der Waals surface area (Å²) in [7, 11) is -3.43. The third-order valence-electron chi connectivity index (χ3n) is 6.43. The van der Waals surface area contributed by atoms with Crippen molar-refractivity contribution in [3.63, 3.8) is 0 Å². The van der Waals surface area contributed by atoms with Crippen molar-refractivity contribution in [1.82, 2.24) is 4.31 Å². The molecule has 5 nitrogen and oxygen atoms in total. The summed E-state index contributed by atoms with van der Waals surface area (Å²) in [4.78, 5) is 0.355. The van der Waals surface area contributed by atoms with Crippen molar-refractivity contribution >= 4 is 15.7 Å². The molecule has 4 rings (SSSR count). The number of benzene rings is 1. The van der Waals surface area contributed by atoms with E-state index < -0.39 is 10.0 Å². The van der Waals surface area contributed by atoms with Gasteiger partial charge in [0.1, 0.15) is 0 Å². The maximum Gasteiger partial charge on any atom is 0.243 e. The minimum absolute atomic E-state index is 0.355. The predicted molar refractivity (Wildman–Crippen MR) is 107 cm³/mol. The van der Waals surface area contributed by atoms with Crippen LogP contribution >= 0.6 is 0 Å². The molecule has 1 aliphatic heterocycles. The van der Waals surface area contributed by atoms with Crippen LogP contribution in [-0.2, 0) is 14.8 Å². The highest BCUT2D eigenvalue weighted by Crippen LogP contribution is 2.47. The fourth-order valence-corrected chi connectivity index (χ4v) is 6.28. The number of allylic oxidation sites excluding steroid dienone is 2. The smallest absolute Gasteiger partial charge is 0.243 e. The van der Waals surface area contributed by atoms with E-state index in [0.29, 0.717) is 43.0 Å². The van der Waals surface area contributed by atoms with Crippen molar-refractivity contribution in [2.45, 2.75) is 38.0 Å². The van der Waals surface area contributed by atoms with Gasteiger partial charge >= 0.3 is 0 Å². The Morgan fingerprint density at radius 1 is 1.07 bits per heavy atom. The molecule has 3 aliphatic rings. The molecule has 148 valence electrons. The fourth-order valence-electron chi connectivity index (χ4n) is 4.87. The second kappa shape index (κ2) is 7.57. The number of nitrogens with zero attached hydrogens (tertiary/aromatic N) is 1. The highest BCUT2D eigenvalue weighted by Gasteiger charge is 2.38. The molecule has 6 heteroatoms. The SMILES string of the molecule is CC1C=C(Nc2ccc(S(=O)(=O)N3CCOCC3)cc2)[C@@H]2C[C@H](C)CC[C@@H]12. The van der Waals surface area contributed by atoms with Gasteiger partial charge in [-0.05, 0) is 54.9 Å². The molecule has 0 bridgehead atoms. The highest BCUT2D eigenvalue weighted by molar-refractivity contribution is 7.89. The second-order valence-corrected chi connectivity index (χ2v) is 10.3. The highest BCUT2D eigenvalue weighted by atomic mass is 32.2. The summed E-state index contributed by atoms with van der Waals surface area (Å²) >= 11 is 0. The van der Waals surface area contributed by atoms with Gasteiger partial charge in [0, 0.05) is 30.4 Å². The standard InChI is InChI=1S/C21H30N2O3S/c1-15-3-8-19-16(2)14-21(20(19)13-15)22-17-4-6-18(7-5-17)27(24,25)23-9-11-26-12-10-23/h4-7,14-16,19-20,22H,3,8-13H2,1-2H3/t15-,16?,19+,20-/m1/s1. The summed E-state index contributed by atoms with van der Waals surface area (Å²) < 4.78 is 32.3. The molecule has 2 aliphatic carbocycles. The zero-order chi connectivity index (χ0) is 19.0. The number of hydrogen-bond acceptors (Lipinski definition) is 4. The van der Waals surface area contributed by atoms with E-state index in [0.717, 1.165) is 17.5 Å². The van der Waals surface area contributed by atoms with Crippen molar-refractivity contribution in [2.24, 2.45) is 23.7 Å². The van der Waals surface area contributed by atoms with Crippen LogP contribution in [0.25, 0.3) is 0 Å². The monoisotopic (exact) mass is 390 g/mol. The molecular formula is C21H30N2O3S. The summed E-state index contributed by atoms with van der Waals surface area (Å²) in [6.45, 7) is 6.45. The molecule has 1 aromatic rings. The fraction of sp³-hybridized carbons (Fsp3) is 0.619. The van der Waals surface area contributed by atoms with Crippen LogP contribution in [0.1, 0.15) is 33.1 Å². The number of morpholine rings is 1. The lowest BCUT2D eigenvalue weighted by Crippen LogP contribution is -2.40. The normalized spacial score (nSPS) is 32.0. The first kappa shape index (κ1) is 19.0. The Morgan fingerprint density at radius 2 is 1.78 bits per heavy atom. The molecule has 4 atom stereocenters. The number of hydrogen-bond donors (Lipinski definition) is 1. The summed E-state index contributed by atoms with van der Waals surface area (Å²) in [5, 5.41) is 3.58. The Hall–Kier alpha value is -1.37. The van der Waals surface area contributed by atoms with Crippen molar-refractivity contribution in [3.8, 4) is 0 Å². The first-order valence-corrected chi connectivity index (χ1v) is 11.6. The molecule has 1 saturated heterocycles. The Bertz CT molecular complexity index is 797. The molecule has 0 aromatic heterocycles. The van der Waals surface area contributed by atoms with Gasteiger partial charge in [-0.1, -0.05) is 26.3 Å². The minimum atomic E-state index is -3.43. The molecule has 1 unspecified atom stereocenters. The molecule has 2 fully saturated rings. The van der Waals surface area contributed by atoms with Gasteiger partial charge < -0.3 is 10.1 Å². The summed E-state index contributed by atoms with van der Waals surface area (Å²) in [5.41, 5.74) is 2.29. The van der Waals surface area contributed by atoms with Crippen LogP contribution in [-0.4, -0.2) is 39.0 Å². The molecule has 1 aromatic carbocycles. The largest absolute Gasteiger partial charge is 0.379 e. The Balaban J connectivity index is 1.47. The van der Waals surface area contributed by atoms with Crippen molar-refractivity contribution in [2.75, 3.05) is 31.6 Å². The predicted octanol–water partition coefficient (Wildman–Crippen LogP) is 3.71. The van der Waals surface area contributed by atoms with E-state index in [-0.39, 0.29) is 0 Å². The Labute approximate surface area is 162 Å². The maximum atomic E-state index is 12.7. The van der Waals surface area contributed by atoms with Gasteiger partial charge in [0.2, 0.25) is 10.0 Å². The molecular weight excluding hydrogens is 360 g/mol. The minimum Gasteiger partial charge on any atom is -0.379 e. The van der Waals surface area contributed by atoms with E-state index in [1.807, 2.05) is 12.1 Å². The zero-order valence-corrected chi connectivity index (χ0v) is 17.0. The van der Waals surface area contributed by atoms with Crippen molar-refractivity contribution in [1.29, 1.82) is 0 Å². The number of anilines is 1. The second-order valence-electron chi connectivity index (χ2n) is 8.34. The maximum absolute atomic E-state index is 12.7. The number of sulfonamides is 1. The van der Waals surface area contributed by atoms with Crippen LogP contribution < -0.4 is 5.32 Å². The van der Waals surface area contributed by atoms with Crippen LogP contribution in [0.4, 0.5) is 5.69 Å². The van der Waals surface area contributed by atoms with Crippen LogP contribution in [0.5, 0.6) is 0 Å². The van der Waals surface area contributed by atoms with Crippen molar-refractivity contribution < 1.29 is 13.2 Å². The number of nitrogens with one attached hydrogen (secondary N) is 1. The molecule has 0 radical (unpaired) electrons. The average Bonchev–Trinajstić information content (AvgIpc) is 2.97. The van der Waals surface area contributed by atoms with E-state index in [2.05, 4.69) is 25.2 Å². The van der Waals surface area contributed by atoms with E-state index >= 15 is 0 Å². The molecule has 1 N–H and O–H groups in total. The number of rotatable bonds is 4. The zero-order valence-electron chi connectivity index (χ0n) is 16.2. The molecule has 0 amide bonds. The molecule has 0 spiro atoms. The third kappa shape index (κ3) is 3.80. The van der Waals surface area contributed by atoms with Gasteiger partial charge in [-0.25, -0.2) is 8.42 Å². The summed E-state index contributed by atoms with van der Waals surface area (Å²) in [6.07, 6.45) is 6.27. The Kier molecular flexibility index (Phi) is 5.32. The molecule has 1 heterocycles. The van der Waals surface area contributed by atoms with E-state index in [1.165, 1.54) is 29.3 Å². The van der Waals surface area contributed by atoms with Gasteiger partial charge in [0.15, 0.2) is 0 Å². The van der Waals surface area contributed by atoms with Gasteiger partial charge in [0.25, 0.3) is 0 Å². The van der Waals surface area contributed by atoms with Crippen LogP contribution in [0.2, 0.25) is 0 Å². The first-order valence-electron chi connectivity index (χ1n) is 10.1. The third-order valence-corrected chi connectivity index (χ3v) is 8.35. The van der Waals surface area contributed by atoms with Gasteiger partial charge in [-0.15, -0.1) is 0 Å². The Morgan fingerprint density at radius 3 is 2.48 bits per heavy atom. The lowest BCUT2D eigenvalue weighted by atomic mass is 9.73. The average molecular weight is 391 g/mol. The number of fused-ring (bicyclic) bond motifs is 1. The van der Waals surface area contributed by atoms with Crippen molar-refractivity contribution in [3.05, 3.63) is 36.0 Å². The molecule has 27 heavy (non-hydrogen) atoms. The van der Waals surface area contributed by atoms with E-state index in [1.54, 1.807) is 12.1 Å². The van der Waals surface area contributed by atoms with Crippen LogP contribution in [0.15, 0.2) is 40.9 Å². The van der Waals surface area contributed by atoms with Gasteiger partial charge in [0.05, 0.1) is 18.1 Å². The quantitative estimate of drug-likeness (QED) is 0.852. The van der Waals surface area contributed by atoms with Gasteiger partial charge in [-0.2, -0.15) is 4.31 Å². The van der Waals surface area contributed by atoms with Crippen LogP contribution in [0.3, 0.4) is 0 Å². The summed E-state index contributed by atoms with van der Waals surface area (Å²) in [5.74, 6) is 2.76. The van der Waals surface area contributed by atoms with E-state index in [9.17, 15) is 8.42 Å². The molecule has 1 saturated carbocycles. The topological polar surface area (TPSA) is 58.6 Å². The lowest BCUT2D eigenvalue weighted by molar-refractivity contribution is 0.0730. The van der Waals surface area contributed by atoms with E-state index in [4.69, 9.17) is 4.74 Å². The van der Waals surface area contributed by atoms with Gasteiger partial charge in [-0.3, -0.25) is 0 Å². The lowest BCUT2D eigenvalue weighted by Gasteiger charge is -2.34.